The van der Waals surface area contributed by atoms with Crippen molar-refractivity contribution >= 4 is 57.4 Å². The summed E-state index contributed by atoms with van der Waals surface area (Å²) in [4.78, 5) is 77.0. The number of alkyl carbamates (subject to hydrolysis) is 2. The van der Waals surface area contributed by atoms with E-state index in [9.17, 15) is 19.2 Å². The molecule has 5 fully saturated rings. The predicted octanol–water partition coefficient (Wildman–Crippen LogP) is 9.27. The van der Waals surface area contributed by atoms with Crippen molar-refractivity contribution in [2.45, 2.75) is 128 Å². The number of piperidine rings is 1. The van der Waals surface area contributed by atoms with Crippen LogP contribution in [0, 0.1) is 28.9 Å². The molecule has 16 nitrogen and oxygen atoms in total. The summed E-state index contributed by atoms with van der Waals surface area (Å²) in [5.41, 5.74) is 5.73. The van der Waals surface area contributed by atoms with E-state index in [1.165, 1.54) is 39.2 Å². The highest BCUT2D eigenvalue weighted by Crippen LogP contribution is 2.55. The zero-order chi connectivity index (χ0) is 49.9. The molecule has 0 unspecified atom stereocenters. The number of rotatable bonds is 12. The van der Waals surface area contributed by atoms with Crippen LogP contribution >= 0.6 is 0 Å². The van der Waals surface area contributed by atoms with Crippen LogP contribution in [-0.4, -0.2) is 106 Å². The number of benzene rings is 3. The lowest BCUT2D eigenvalue weighted by Gasteiger charge is -2.36. The standard InChI is InChI=1S/C53H66F2N10O6/c1-29(2)44(60-51(68)70-5)49(66)63-21-7-9-42(63)47-56-36-13-11-31(25-38(36)58-47)40-15-16-41(65(40)33-27-34(54)46(35(55)28-33)62-23-19-53(17-18-53)20-24-62)32-12-14-37-39(26-32)59-48(57-37)43-10-8-22-64(43)50(67)45(30(3)4)61-52(69)71-6/h11-14,25-30,40-45H,7-10,15-24H2,1-6H3,(H,56,58)(H,57,59)(H,60,68)(H,61,69)/t40-,41-,42+,43+,44+,45+/m1/s1. The molecule has 6 atom stereocenters. The number of hydrogen-bond donors (Lipinski definition) is 4. The highest BCUT2D eigenvalue weighted by atomic mass is 19.1. The fourth-order valence-electron chi connectivity index (χ4n) is 11.9. The van der Waals surface area contributed by atoms with Gasteiger partial charge in [0.15, 0.2) is 11.6 Å². The quantitative estimate of drug-likeness (QED) is 0.0941. The first kappa shape index (κ1) is 48.2. The minimum atomic E-state index is -0.760. The van der Waals surface area contributed by atoms with Gasteiger partial charge < -0.3 is 49.7 Å². The lowest BCUT2D eigenvalue weighted by atomic mass is 9.93. The number of hydrogen-bond acceptors (Lipinski definition) is 10. The summed E-state index contributed by atoms with van der Waals surface area (Å²) in [6, 6.07) is 12.4. The van der Waals surface area contributed by atoms with Crippen molar-refractivity contribution in [3.05, 3.63) is 82.9 Å². The van der Waals surface area contributed by atoms with Crippen molar-refractivity contribution in [2.75, 3.05) is 50.2 Å². The number of imidazole rings is 2. The molecule has 0 bridgehead atoms. The molecular formula is C53H66F2N10O6. The normalized spacial score (nSPS) is 22.8. The van der Waals surface area contributed by atoms with Crippen LogP contribution in [0.25, 0.3) is 22.1 Å². The Labute approximate surface area is 412 Å². The van der Waals surface area contributed by atoms with Crippen LogP contribution in [-0.2, 0) is 19.1 Å². The molecule has 4 saturated heterocycles. The van der Waals surface area contributed by atoms with Gasteiger partial charge in [0.05, 0.1) is 60.5 Å². The van der Waals surface area contributed by atoms with E-state index in [1.54, 1.807) is 9.80 Å². The van der Waals surface area contributed by atoms with Crippen LogP contribution in [0.5, 0.6) is 0 Å². The molecular weight excluding hydrogens is 911 g/mol. The Bertz CT molecular complexity index is 2660. The summed E-state index contributed by atoms with van der Waals surface area (Å²) in [6.45, 7) is 9.86. The number of halogens is 2. The van der Waals surface area contributed by atoms with Gasteiger partial charge in [-0.1, -0.05) is 39.8 Å². The summed E-state index contributed by atoms with van der Waals surface area (Å²) in [7, 11) is 2.55. The molecule has 10 rings (SSSR count). The maximum Gasteiger partial charge on any atom is 0.407 e. The second-order valence-electron chi connectivity index (χ2n) is 21.2. The number of ether oxygens (including phenoxy) is 2. The van der Waals surface area contributed by atoms with Crippen LogP contribution in [0.1, 0.15) is 139 Å². The molecule has 3 aromatic carbocycles. The molecule has 1 saturated carbocycles. The Morgan fingerprint density at radius 3 is 1.49 bits per heavy atom. The van der Waals surface area contributed by atoms with Crippen LogP contribution < -0.4 is 20.4 Å². The Morgan fingerprint density at radius 1 is 0.634 bits per heavy atom. The van der Waals surface area contributed by atoms with E-state index in [0.29, 0.717) is 85.6 Å². The largest absolute Gasteiger partial charge is 0.453 e. The number of amides is 4. The van der Waals surface area contributed by atoms with E-state index in [-0.39, 0.29) is 53.5 Å². The third-order valence-electron chi connectivity index (χ3n) is 16.1. The summed E-state index contributed by atoms with van der Waals surface area (Å²) in [5.74, 6) is -0.563. The number of nitrogens with one attached hydrogen (secondary N) is 4. The number of nitrogens with zero attached hydrogens (tertiary/aromatic N) is 6. The Balaban J connectivity index is 0.965. The van der Waals surface area contributed by atoms with E-state index >= 15 is 8.78 Å². The first-order valence-corrected chi connectivity index (χ1v) is 25.5. The van der Waals surface area contributed by atoms with Gasteiger partial charge in [0.1, 0.15) is 29.4 Å². The topological polar surface area (TPSA) is 181 Å². The third kappa shape index (κ3) is 9.22. The number of carbonyl (C=O) groups is 4. The smallest absolute Gasteiger partial charge is 0.407 e. The van der Waals surface area contributed by atoms with Crippen LogP contribution in [0.4, 0.5) is 29.7 Å². The highest BCUT2D eigenvalue weighted by molar-refractivity contribution is 5.88. The summed E-state index contributed by atoms with van der Waals surface area (Å²) < 4.78 is 42.9. The molecule has 1 spiro atoms. The van der Waals surface area contributed by atoms with E-state index in [1.807, 2.05) is 69.0 Å². The fourth-order valence-corrected chi connectivity index (χ4v) is 11.9. The van der Waals surface area contributed by atoms with E-state index < -0.39 is 35.9 Å². The summed E-state index contributed by atoms with van der Waals surface area (Å²) >= 11 is 0. The number of anilines is 2. The van der Waals surface area contributed by atoms with Gasteiger partial charge in [-0.15, -0.1) is 0 Å². The van der Waals surface area contributed by atoms with E-state index in [4.69, 9.17) is 19.4 Å². The van der Waals surface area contributed by atoms with Gasteiger partial charge in [-0.2, -0.15) is 0 Å². The molecule has 1 aliphatic carbocycles. The second-order valence-corrected chi connectivity index (χ2v) is 21.2. The molecule has 4 aliphatic heterocycles. The molecule has 5 aliphatic rings. The third-order valence-corrected chi connectivity index (χ3v) is 16.1. The van der Waals surface area contributed by atoms with Crippen LogP contribution in [0.3, 0.4) is 0 Å². The van der Waals surface area contributed by atoms with Gasteiger partial charge >= 0.3 is 12.2 Å². The maximum absolute atomic E-state index is 16.6. The fraction of sp³-hybridized carbons (Fsp3) is 0.547. The molecule has 71 heavy (non-hydrogen) atoms. The number of H-pyrrole nitrogens is 2. The Morgan fingerprint density at radius 2 is 1.08 bits per heavy atom. The summed E-state index contributed by atoms with van der Waals surface area (Å²) in [6.07, 6.45) is 7.29. The molecule has 0 radical (unpaired) electrons. The van der Waals surface area contributed by atoms with Crippen molar-refractivity contribution in [2.24, 2.45) is 17.3 Å². The number of fused-ring (bicyclic) bond motifs is 2. The van der Waals surface area contributed by atoms with Gasteiger partial charge in [0, 0.05) is 31.9 Å². The van der Waals surface area contributed by atoms with Crippen molar-refractivity contribution < 1.29 is 37.4 Å². The van der Waals surface area contributed by atoms with Gasteiger partial charge in [-0.25, -0.2) is 28.3 Å². The molecule has 378 valence electrons. The number of methoxy groups -OCH3 is 2. The van der Waals surface area contributed by atoms with Crippen molar-refractivity contribution in [1.82, 2.24) is 40.4 Å². The van der Waals surface area contributed by atoms with Crippen molar-refractivity contribution in [3.8, 4) is 0 Å². The van der Waals surface area contributed by atoms with Crippen LogP contribution in [0.2, 0.25) is 0 Å². The van der Waals surface area contributed by atoms with Crippen molar-refractivity contribution in [1.29, 1.82) is 0 Å². The molecule has 4 N–H and O–H groups in total. The minimum Gasteiger partial charge on any atom is -0.453 e. The molecule has 4 amide bonds. The lowest BCUT2D eigenvalue weighted by Crippen LogP contribution is -2.51. The second kappa shape index (κ2) is 19.3. The zero-order valence-electron chi connectivity index (χ0n) is 41.5. The molecule has 18 heteroatoms. The van der Waals surface area contributed by atoms with Crippen molar-refractivity contribution in [3.63, 3.8) is 0 Å². The minimum absolute atomic E-state index is 0.0351. The molecule has 2 aromatic heterocycles. The average molecular weight is 977 g/mol. The van der Waals surface area contributed by atoms with Crippen LogP contribution in [0.15, 0.2) is 48.5 Å². The lowest BCUT2D eigenvalue weighted by molar-refractivity contribution is -0.136. The number of aromatic amines is 2. The Hall–Kier alpha value is -6.46. The molecule has 6 heterocycles. The number of carbonyl (C=O) groups excluding carboxylic acids is 4. The monoisotopic (exact) mass is 977 g/mol. The number of aromatic nitrogens is 4. The molecule has 5 aromatic rings. The van der Waals surface area contributed by atoms with E-state index in [0.717, 1.165) is 47.8 Å². The predicted molar refractivity (Wildman–Crippen MR) is 265 cm³/mol. The highest BCUT2D eigenvalue weighted by Gasteiger charge is 2.46. The zero-order valence-corrected chi connectivity index (χ0v) is 41.5. The van der Waals surface area contributed by atoms with Gasteiger partial charge in [-0.05, 0) is 129 Å². The van der Waals surface area contributed by atoms with Gasteiger partial charge in [0.2, 0.25) is 11.8 Å². The Kier molecular flexibility index (Phi) is 13.1. The first-order chi connectivity index (χ1) is 34.1. The van der Waals surface area contributed by atoms with Gasteiger partial charge in [-0.3, -0.25) is 9.59 Å². The average Bonchev–Trinajstić information content (AvgIpc) is 4.03. The summed E-state index contributed by atoms with van der Waals surface area (Å²) in [5, 5.41) is 5.43. The SMILES string of the molecule is COC(=O)N[C@H](C(=O)N1CCC[C@H]1c1nc2cc([C@H]3CC[C@H](c4ccc5[nH]c([C@@H]6CCCN6C(=O)[C@@H](NC(=O)OC)C(C)C)nc5c4)N3c3cc(F)c(N4CCC5(CC4)CC5)c(F)c3)ccc2[nH]1)C(C)C. The van der Waals surface area contributed by atoms with E-state index in [2.05, 4.69) is 25.5 Å². The maximum atomic E-state index is 16.6. The number of likely N-dealkylation sites (tertiary alicyclic amines) is 2. The first-order valence-electron chi connectivity index (χ1n) is 25.5. The van der Waals surface area contributed by atoms with Gasteiger partial charge in [0.25, 0.3) is 0 Å².